The van der Waals surface area contributed by atoms with Gasteiger partial charge in [-0.1, -0.05) is 85.8 Å². The first-order chi connectivity index (χ1) is 50.5. The molecular weight excluding hydrogens is 1340 g/mol. The average Bonchev–Trinajstić information content (AvgIpc) is 1.59. The molecule has 3 N–H and O–H groups in total. The molecule has 2 saturated carbocycles. The monoisotopic (exact) mass is 1430 g/mol. The molecule has 2 saturated heterocycles. The molecule has 552 valence electrons. The summed E-state index contributed by atoms with van der Waals surface area (Å²) < 4.78 is 31.7. The van der Waals surface area contributed by atoms with Gasteiger partial charge in [-0.25, -0.2) is 14.4 Å². The lowest BCUT2D eigenvalue weighted by Crippen LogP contribution is -2.50. The number of aliphatic hydroxyl groups is 1. The quantitative estimate of drug-likeness (QED) is 0.0368. The lowest BCUT2D eigenvalue weighted by atomic mass is 9.89. The topological polar surface area (TPSA) is 300 Å². The first kappa shape index (κ1) is 73.0. The number of ketones is 3. The number of hydrogen-bond donors (Lipinski definition) is 3. The zero-order chi connectivity index (χ0) is 74.0. The van der Waals surface area contributed by atoms with Gasteiger partial charge in [0, 0.05) is 93.0 Å². The fraction of sp³-hybridized carbons (Fsp3) is 0.475. The number of ether oxygens (including phenoxy) is 5. The third kappa shape index (κ3) is 15.7. The number of hydrogen-bond acceptors (Lipinski definition) is 18. The van der Waals surface area contributed by atoms with Crippen LogP contribution in [0.25, 0.3) is 22.5 Å². The highest BCUT2D eigenvalue weighted by atomic mass is 16.6. The van der Waals surface area contributed by atoms with Gasteiger partial charge in [0.25, 0.3) is 11.8 Å². The van der Waals surface area contributed by atoms with Crippen molar-refractivity contribution in [2.24, 2.45) is 27.7 Å². The van der Waals surface area contributed by atoms with Crippen molar-refractivity contribution in [3.63, 3.8) is 0 Å². The highest BCUT2D eigenvalue weighted by molar-refractivity contribution is 6.07. The summed E-state index contributed by atoms with van der Waals surface area (Å²) in [7, 11) is 3.02. The van der Waals surface area contributed by atoms with Crippen molar-refractivity contribution in [2.75, 3.05) is 56.9 Å². The molecule has 7 aliphatic rings. The number of methoxy groups -OCH3 is 2. The predicted molar refractivity (Wildman–Crippen MR) is 390 cm³/mol. The summed E-state index contributed by atoms with van der Waals surface area (Å²) in [6, 6.07) is 27.1. The normalized spacial score (nSPS) is 18.8. The van der Waals surface area contributed by atoms with E-state index in [0.717, 1.165) is 65.9 Å². The summed E-state index contributed by atoms with van der Waals surface area (Å²) in [4.78, 5) is 134. The molecule has 5 aliphatic heterocycles. The Kier molecular flexibility index (Phi) is 21.4. The molecule has 6 heterocycles. The summed E-state index contributed by atoms with van der Waals surface area (Å²) in [5.41, 5.74) is 7.36. The van der Waals surface area contributed by atoms with Gasteiger partial charge >= 0.3 is 6.09 Å². The van der Waals surface area contributed by atoms with Gasteiger partial charge in [0.15, 0.2) is 40.8 Å². The van der Waals surface area contributed by atoms with Gasteiger partial charge in [-0.3, -0.25) is 43.3 Å². The van der Waals surface area contributed by atoms with Gasteiger partial charge < -0.3 is 54.1 Å². The Bertz CT molecular complexity index is 4400. The van der Waals surface area contributed by atoms with Gasteiger partial charge in [0.1, 0.15) is 18.1 Å². The van der Waals surface area contributed by atoms with Crippen LogP contribution in [0.15, 0.2) is 102 Å². The zero-order valence-electron chi connectivity index (χ0n) is 60.7. The third-order valence-electron chi connectivity index (χ3n) is 21.8. The minimum absolute atomic E-state index is 0.0137. The predicted octanol–water partition coefficient (Wildman–Crippen LogP) is 10.7. The van der Waals surface area contributed by atoms with Crippen LogP contribution < -0.4 is 39.4 Å². The number of aliphatic hydroxyl groups excluding tert-OH is 1. The minimum atomic E-state index is -1.46. The van der Waals surface area contributed by atoms with Gasteiger partial charge in [0.05, 0.1) is 92.5 Å². The molecule has 25 nitrogen and oxygen atoms in total. The largest absolute Gasteiger partial charge is 0.493 e. The van der Waals surface area contributed by atoms with Crippen molar-refractivity contribution in [3.05, 3.63) is 125 Å². The number of aliphatic imine (C=N–C) groups is 1. The van der Waals surface area contributed by atoms with Crippen molar-refractivity contribution >= 4 is 76.3 Å². The standard InChI is InChI=1S/C80H92N10O15/c1-47(2)58(34-55(92)42-82-70(94)25-23-54(91)24-26-71(95)86-43-52-15-9-10-16-56(52)73-72(84-85-90(73)48(3)4)57-17-11-12-18-62(57)86)74(96)83-49(5)65(93)33-50-19-21-51(22-20-50)44-105-78(100)89-63-38-69(67(102-7)36-60(63)76(98)88-46-80(29-30-80)40-64(88)77(89)99)104-32-14-8-13-31-103-68-37-61-59(35-66(68)101-6)75(97)87-45-79(27-28-79)39-53(87)41-81-61/h9-12,15-22,35-38,41,47-49,53,58,64,77,99H,8,13-14,23-34,39-40,42-46H2,1-7H3,(H,82,94)(H,83,96)/t49-,53-,58-,64-,77?/m0/s1. The number of nitrogens with one attached hydrogen (secondary N) is 2. The first-order valence-electron chi connectivity index (χ1n) is 36.7. The molecule has 1 unspecified atom stereocenters. The lowest BCUT2D eigenvalue weighted by molar-refractivity contribution is -0.133. The Morgan fingerprint density at radius 2 is 1.30 bits per heavy atom. The summed E-state index contributed by atoms with van der Waals surface area (Å²) in [5.74, 6) is -2.30. The summed E-state index contributed by atoms with van der Waals surface area (Å²) >= 11 is 0. The number of anilines is 2. The van der Waals surface area contributed by atoms with E-state index < -0.39 is 47.9 Å². The van der Waals surface area contributed by atoms with Gasteiger partial charge in [0.2, 0.25) is 17.7 Å². The molecule has 0 radical (unpaired) electrons. The minimum Gasteiger partial charge on any atom is -0.493 e. The SMILES string of the molecule is COc1cc2c(cc1OCCCCCOc1cc3c(cc1OC)C(=O)N1CC4(CC4)C[C@H]1C(O)N3C(=O)OCc1ccc(CC(=O)[C@H](C)NC(=O)[C@@H](CC(=O)CNC(=O)CCC(=O)CCC(=O)N3Cc4ccccc4-c4c(nnn4C(C)C)-c4ccccc43)C(C)C)cc1)N=C[C@@H]1CC3(CC3)CN1C2=O. The van der Waals surface area contributed by atoms with E-state index in [1.165, 1.54) is 13.2 Å². The highest BCUT2D eigenvalue weighted by Crippen LogP contribution is 2.58. The van der Waals surface area contributed by atoms with E-state index in [-0.39, 0.29) is 146 Å². The van der Waals surface area contributed by atoms with Crippen LogP contribution >= 0.6 is 0 Å². The number of fused-ring (bicyclic) bond motifs is 9. The molecule has 5 aromatic carbocycles. The lowest BCUT2D eigenvalue weighted by Gasteiger charge is -2.31. The smallest absolute Gasteiger partial charge is 0.416 e. The Labute approximate surface area is 610 Å². The van der Waals surface area contributed by atoms with Crippen LogP contribution in [0, 0.1) is 22.7 Å². The molecule has 105 heavy (non-hydrogen) atoms. The van der Waals surface area contributed by atoms with E-state index >= 15 is 0 Å². The molecule has 4 fully saturated rings. The van der Waals surface area contributed by atoms with Crippen LogP contribution in [0.1, 0.15) is 168 Å². The average molecular weight is 1430 g/mol. The van der Waals surface area contributed by atoms with Crippen LogP contribution in [0.3, 0.4) is 0 Å². The second kappa shape index (κ2) is 30.8. The molecule has 1 aromatic heterocycles. The van der Waals surface area contributed by atoms with Crippen molar-refractivity contribution in [1.29, 1.82) is 0 Å². The van der Waals surface area contributed by atoms with Crippen LogP contribution in [-0.2, 0) is 53.1 Å². The number of benzene rings is 5. The molecule has 2 aliphatic carbocycles. The van der Waals surface area contributed by atoms with Gasteiger partial charge in [-0.15, -0.1) is 5.10 Å². The Morgan fingerprint density at radius 1 is 0.667 bits per heavy atom. The van der Waals surface area contributed by atoms with Crippen LogP contribution in [0.4, 0.5) is 21.9 Å². The molecule has 13 rings (SSSR count). The van der Waals surface area contributed by atoms with E-state index in [2.05, 4.69) is 20.9 Å². The number of rotatable bonds is 29. The summed E-state index contributed by atoms with van der Waals surface area (Å²) in [5, 5.41) is 26.6. The summed E-state index contributed by atoms with van der Waals surface area (Å²) in [6.07, 6.45) is 6.30. The third-order valence-corrected chi connectivity index (χ3v) is 21.8. The fourth-order valence-electron chi connectivity index (χ4n) is 15.2. The molecule has 25 heteroatoms. The molecule has 5 atom stereocenters. The van der Waals surface area contributed by atoms with E-state index in [4.69, 9.17) is 28.7 Å². The van der Waals surface area contributed by atoms with Crippen LogP contribution in [-0.4, -0.2) is 161 Å². The second-order valence-electron chi connectivity index (χ2n) is 29.9. The molecule has 6 aromatic rings. The number of unbranched alkanes of at least 4 members (excludes halogenated alkanes) is 2. The van der Waals surface area contributed by atoms with E-state index in [1.807, 2.05) is 78.2 Å². The maximum Gasteiger partial charge on any atom is 0.416 e. The number of para-hydroxylation sites is 1. The molecule has 0 bridgehead atoms. The van der Waals surface area contributed by atoms with E-state index in [0.29, 0.717) is 84.1 Å². The number of Topliss-reactive ketones (excluding diaryl/α,β-unsaturated/α-hetero) is 3. The van der Waals surface area contributed by atoms with Crippen molar-refractivity contribution < 1.29 is 71.9 Å². The maximum absolute atomic E-state index is 14.5. The van der Waals surface area contributed by atoms with Crippen molar-refractivity contribution in [1.82, 2.24) is 35.4 Å². The number of carbonyl (C=O) groups is 9. The number of aromatic nitrogens is 3. The highest BCUT2D eigenvalue weighted by Gasteiger charge is 2.58. The van der Waals surface area contributed by atoms with E-state index in [9.17, 15) is 48.3 Å². The van der Waals surface area contributed by atoms with Crippen LogP contribution in [0.2, 0.25) is 0 Å². The summed E-state index contributed by atoms with van der Waals surface area (Å²) in [6.45, 7) is 10.7. The molecule has 2 spiro atoms. The molecule has 6 amide bonds. The maximum atomic E-state index is 14.5. The zero-order valence-corrected chi connectivity index (χ0v) is 60.7. The van der Waals surface area contributed by atoms with Crippen molar-refractivity contribution in [2.45, 2.75) is 174 Å². The second-order valence-corrected chi connectivity index (χ2v) is 29.9. The van der Waals surface area contributed by atoms with Crippen LogP contribution in [0.5, 0.6) is 23.0 Å². The Balaban J connectivity index is 0.556. The van der Waals surface area contributed by atoms with Gasteiger partial charge in [-0.05, 0) is 130 Å². The number of amides is 6. The number of nitrogens with zero attached hydrogens (tertiary/aromatic N) is 8. The van der Waals surface area contributed by atoms with Gasteiger partial charge in [-0.2, -0.15) is 0 Å². The number of carbonyl (C=O) groups excluding carboxylic acids is 9. The first-order valence-corrected chi connectivity index (χ1v) is 36.7. The Morgan fingerprint density at radius 3 is 2.00 bits per heavy atom. The fourth-order valence-corrected chi connectivity index (χ4v) is 15.2. The Hall–Kier alpha value is -10.3. The van der Waals surface area contributed by atoms with Crippen molar-refractivity contribution in [3.8, 4) is 45.5 Å². The molecular formula is C80H92N10O15. The van der Waals surface area contributed by atoms with E-state index in [1.54, 1.807) is 80.1 Å².